The molecule has 0 unspecified atom stereocenters. The van der Waals surface area contributed by atoms with E-state index in [-0.39, 0.29) is 18.9 Å². The van der Waals surface area contributed by atoms with Crippen LogP contribution in [-0.4, -0.2) is 20.7 Å². The molecular weight excluding hydrogens is 245 g/mol. The number of halogens is 3. The highest BCUT2D eigenvalue weighted by Crippen LogP contribution is 2.23. The zero-order chi connectivity index (χ0) is 13.3. The van der Waals surface area contributed by atoms with E-state index in [0.717, 1.165) is 5.69 Å². The molecule has 2 heterocycles. The van der Waals surface area contributed by atoms with Crippen LogP contribution in [0.15, 0.2) is 12.1 Å². The lowest BCUT2D eigenvalue weighted by atomic mass is 10.3. The number of aryl methyl sites for hydroxylation is 2. The highest BCUT2D eigenvalue weighted by atomic mass is 19.4. The Labute approximate surface area is 102 Å². The Morgan fingerprint density at radius 2 is 2.00 bits per heavy atom. The summed E-state index contributed by atoms with van der Waals surface area (Å²) in [6.45, 7) is 1.97. The Morgan fingerprint density at radius 1 is 1.28 bits per heavy atom. The quantitative estimate of drug-likeness (QED) is 0.920. The number of nitrogen functional groups attached to an aromatic ring is 1. The number of anilines is 1. The summed E-state index contributed by atoms with van der Waals surface area (Å²) in [5.41, 5.74) is 7.60. The highest BCUT2D eigenvalue weighted by molar-refractivity contribution is 5.74. The summed E-state index contributed by atoms with van der Waals surface area (Å²) in [4.78, 5) is 8.32. The lowest BCUT2D eigenvalue weighted by Gasteiger charge is -2.08. The van der Waals surface area contributed by atoms with Crippen molar-refractivity contribution in [2.24, 2.45) is 0 Å². The van der Waals surface area contributed by atoms with Gasteiger partial charge in [0.25, 0.3) is 0 Å². The summed E-state index contributed by atoms with van der Waals surface area (Å²) in [5.74, 6) is 0.199. The molecule has 98 valence electrons. The van der Waals surface area contributed by atoms with Gasteiger partial charge in [0, 0.05) is 18.7 Å². The van der Waals surface area contributed by atoms with Gasteiger partial charge in [0.15, 0.2) is 5.65 Å². The highest BCUT2D eigenvalue weighted by Gasteiger charge is 2.26. The molecule has 0 aromatic carbocycles. The second kappa shape index (κ2) is 4.47. The van der Waals surface area contributed by atoms with Crippen LogP contribution in [0.1, 0.15) is 18.5 Å². The minimum absolute atomic E-state index is 0.0330. The van der Waals surface area contributed by atoms with Gasteiger partial charge in [0.1, 0.15) is 5.52 Å². The summed E-state index contributed by atoms with van der Waals surface area (Å²) in [6, 6.07) is 3.54. The van der Waals surface area contributed by atoms with Gasteiger partial charge in [0.2, 0.25) is 5.95 Å². The van der Waals surface area contributed by atoms with E-state index in [1.165, 1.54) is 4.57 Å². The molecular formula is C11H13F3N4. The van der Waals surface area contributed by atoms with Crippen molar-refractivity contribution in [2.45, 2.75) is 32.5 Å². The van der Waals surface area contributed by atoms with E-state index in [1.54, 1.807) is 12.1 Å². The van der Waals surface area contributed by atoms with Crippen LogP contribution in [-0.2, 0) is 6.54 Å². The summed E-state index contributed by atoms with van der Waals surface area (Å²) in [5, 5.41) is 0. The van der Waals surface area contributed by atoms with Gasteiger partial charge in [-0.25, -0.2) is 9.97 Å². The standard InChI is InChI=1S/C11H13F3N4/c1-7-3-4-8-9(16-7)18(10(15)17-8)6-2-5-11(12,13)14/h3-4H,2,5-6H2,1H3,(H2,15,17). The minimum Gasteiger partial charge on any atom is -0.369 e. The average molecular weight is 258 g/mol. The van der Waals surface area contributed by atoms with E-state index in [0.29, 0.717) is 11.2 Å². The van der Waals surface area contributed by atoms with Crippen molar-refractivity contribution < 1.29 is 13.2 Å². The fourth-order valence-corrected chi connectivity index (χ4v) is 1.77. The van der Waals surface area contributed by atoms with Crippen molar-refractivity contribution in [3.05, 3.63) is 17.8 Å². The number of nitrogens with zero attached hydrogens (tertiary/aromatic N) is 3. The molecule has 0 fully saturated rings. The van der Waals surface area contributed by atoms with Crippen LogP contribution in [0.4, 0.5) is 19.1 Å². The van der Waals surface area contributed by atoms with Crippen LogP contribution in [0, 0.1) is 6.92 Å². The van der Waals surface area contributed by atoms with Crippen LogP contribution < -0.4 is 5.73 Å². The van der Waals surface area contributed by atoms with Crippen LogP contribution in [0.5, 0.6) is 0 Å². The number of nitrogens with two attached hydrogens (primary N) is 1. The van der Waals surface area contributed by atoms with E-state index in [2.05, 4.69) is 9.97 Å². The molecule has 0 saturated heterocycles. The molecule has 0 spiro atoms. The maximum atomic E-state index is 12.1. The maximum absolute atomic E-state index is 12.1. The van der Waals surface area contributed by atoms with Crippen LogP contribution in [0.25, 0.3) is 11.2 Å². The zero-order valence-electron chi connectivity index (χ0n) is 9.83. The Morgan fingerprint density at radius 3 is 2.67 bits per heavy atom. The molecule has 2 rings (SSSR count). The van der Waals surface area contributed by atoms with Crippen molar-refractivity contribution in [1.29, 1.82) is 0 Å². The molecule has 18 heavy (non-hydrogen) atoms. The van der Waals surface area contributed by atoms with Gasteiger partial charge in [-0.05, 0) is 25.5 Å². The van der Waals surface area contributed by atoms with Crippen LogP contribution in [0.2, 0.25) is 0 Å². The number of alkyl halides is 3. The Kier molecular flexibility index (Phi) is 3.14. The number of pyridine rings is 1. The van der Waals surface area contributed by atoms with Crippen LogP contribution in [0.3, 0.4) is 0 Å². The Balaban J connectivity index is 2.22. The molecule has 0 radical (unpaired) electrons. The lowest BCUT2D eigenvalue weighted by molar-refractivity contribution is -0.135. The van der Waals surface area contributed by atoms with Gasteiger partial charge in [-0.2, -0.15) is 13.2 Å². The largest absolute Gasteiger partial charge is 0.389 e. The second-order valence-corrected chi connectivity index (χ2v) is 4.14. The van der Waals surface area contributed by atoms with Crippen molar-refractivity contribution in [3.8, 4) is 0 Å². The van der Waals surface area contributed by atoms with E-state index >= 15 is 0 Å². The molecule has 2 aromatic heterocycles. The van der Waals surface area contributed by atoms with Crippen molar-refractivity contribution >= 4 is 17.1 Å². The fraction of sp³-hybridized carbons (Fsp3) is 0.455. The molecule has 7 heteroatoms. The second-order valence-electron chi connectivity index (χ2n) is 4.14. The third-order valence-corrected chi connectivity index (χ3v) is 2.60. The van der Waals surface area contributed by atoms with Crippen molar-refractivity contribution in [3.63, 3.8) is 0 Å². The van der Waals surface area contributed by atoms with Gasteiger partial charge in [-0.3, -0.25) is 4.57 Å². The first-order valence-corrected chi connectivity index (χ1v) is 5.53. The Hall–Kier alpha value is -1.79. The van der Waals surface area contributed by atoms with Gasteiger partial charge < -0.3 is 5.73 Å². The third kappa shape index (κ3) is 2.72. The lowest BCUT2D eigenvalue weighted by Crippen LogP contribution is -2.11. The number of hydrogen-bond donors (Lipinski definition) is 1. The first kappa shape index (κ1) is 12.7. The Bertz CT molecular complexity index is 559. The van der Waals surface area contributed by atoms with Gasteiger partial charge in [-0.15, -0.1) is 0 Å². The molecule has 0 aliphatic rings. The normalized spacial score (nSPS) is 12.2. The van der Waals surface area contributed by atoms with E-state index in [1.807, 2.05) is 6.92 Å². The van der Waals surface area contributed by atoms with Crippen molar-refractivity contribution in [1.82, 2.24) is 14.5 Å². The number of fused-ring (bicyclic) bond motifs is 1. The summed E-state index contributed by atoms with van der Waals surface area (Å²) >= 11 is 0. The monoisotopic (exact) mass is 258 g/mol. The predicted octanol–water partition coefficient (Wildman–Crippen LogP) is 2.66. The molecule has 0 aliphatic carbocycles. The molecule has 0 bridgehead atoms. The molecule has 2 aromatic rings. The first-order chi connectivity index (χ1) is 8.37. The molecule has 0 atom stereocenters. The number of aromatic nitrogens is 3. The number of rotatable bonds is 3. The SMILES string of the molecule is Cc1ccc2nc(N)n(CCCC(F)(F)F)c2n1. The topological polar surface area (TPSA) is 56.7 Å². The van der Waals surface area contributed by atoms with Gasteiger partial charge in [0.05, 0.1) is 0 Å². The molecule has 0 aliphatic heterocycles. The summed E-state index contributed by atoms with van der Waals surface area (Å²) in [6.07, 6.45) is -5.01. The zero-order valence-corrected chi connectivity index (χ0v) is 9.83. The van der Waals surface area contributed by atoms with E-state index < -0.39 is 12.6 Å². The van der Waals surface area contributed by atoms with Crippen LogP contribution >= 0.6 is 0 Å². The first-order valence-electron chi connectivity index (χ1n) is 5.53. The summed E-state index contributed by atoms with van der Waals surface area (Å²) in [7, 11) is 0. The number of hydrogen-bond acceptors (Lipinski definition) is 3. The number of imidazole rings is 1. The van der Waals surface area contributed by atoms with Crippen molar-refractivity contribution in [2.75, 3.05) is 5.73 Å². The molecule has 0 amide bonds. The average Bonchev–Trinajstić information content (AvgIpc) is 2.54. The minimum atomic E-state index is -4.14. The fourth-order valence-electron chi connectivity index (χ4n) is 1.77. The summed E-state index contributed by atoms with van der Waals surface area (Å²) < 4.78 is 37.8. The molecule has 2 N–H and O–H groups in total. The smallest absolute Gasteiger partial charge is 0.369 e. The third-order valence-electron chi connectivity index (χ3n) is 2.60. The van der Waals surface area contributed by atoms with E-state index in [9.17, 15) is 13.2 Å². The van der Waals surface area contributed by atoms with Gasteiger partial charge >= 0.3 is 6.18 Å². The van der Waals surface area contributed by atoms with E-state index in [4.69, 9.17) is 5.73 Å². The maximum Gasteiger partial charge on any atom is 0.389 e. The van der Waals surface area contributed by atoms with Gasteiger partial charge in [-0.1, -0.05) is 0 Å². The molecule has 4 nitrogen and oxygen atoms in total. The predicted molar refractivity (Wildman–Crippen MR) is 62.0 cm³/mol. The molecule has 0 saturated carbocycles.